The van der Waals surface area contributed by atoms with Gasteiger partial charge < -0.3 is 0 Å². The van der Waals surface area contributed by atoms with E-state index in [0.717, 1.165) is 5.69 Å². The average molecular weight is 259 g/mol. The number of nitrogens with zero attached hydrogens (tertiary/aromatic N) is 2. The number of aryl methyl sites for hydroxylation is 2. The summed E-state index contributed by atoms with van der Waals surface area (Å²) < 4.78 is 24.6. The predicted octanol–water partition coefficient (Wildman–Crippen LogP) is 2.29. The molecule has 0 aliphatic carbocycles. The molecule has 0 aliphatic rings. The van der Waals surface area contributed by atoms with Crippen molar-refractivity contribution in [3.05, 3.63) is 23.9 Å². The van der Waals surface area contributed by atoms with E-state index >= 15 is 0 Å². The topological polar surface area (TPSA) is 52.0 Å². The Labute approximate surface area is 98.2 Å². The summed E-state index contributed by atoms with van der Waals surface area (Å²) in [6.45, 7) is 4.49. The molecule has 0 bridgehead atoms. The van der Waals surface area contributed by atoms with Gasteiger partial charge in [0.25, 0.3) is 9.05 Å². The van der Waals surface area contributed by atoms with Gasteiger partial charge in [-0.3, -0.25) is 4.68 Å². The first-order valence-electron chi connectivity index (χ1n) is 4.86. The van der Waals surface area contributed by atoms with Crippen LogP contribution in [-0.4, -0.2) is 18.2 Å². The van der Waals surface area contributed by atoms with Gasteiger partial charge in [-0.25, -0.2) is 8.42 Å². The zero-order valence-corrected chi connectivity index (χ0v) is 10.5. The van der Waals surface area contributed by atoms with Crippen LogP contribution in [0, 0.1) is 6.92 Å². The second kappa shape index (κ2) is 3.75. The number of hydrogen-bond acceptors (Lipinski definition) is 3. The lowest BCUT2D eigenvalue weighted by Gasteiger charge is -2.00. The van der Waals surface area contributed by atoms with E-state index in [9.17, 15) is 8.42 Å². The van der Waals surface area contributed by atoms with Gasteiger partial charge in [-0.1, -0.05) is 6.07 Å². The Hall–Kier alpha value is -1.07. The molecule has 0 aliphatic heterocycles. The molecule has 4 nitrogen and oxygen atoms in total. The zero-order valence-electron chi connectivity index (χ0n) is 8.94. The molecule has 2 rings (SSSR count). The fraction of sp³-hybridized carbons (Fsp3) is 0.300. The minimum Gasteiger partial charge on any atom is -0.269 e. The second-order valence-corrected chi connectivity index (χ2v) is 6.02. The summed E-state index contributed by atoms with van der Waals surface area (Å²) in [4.78, 5) is 0.129. The first-order valence-corrected chi connectivity index (χ1v) is 7.17. The molecule has 0 amide bonds. The van der Waals surface area contributed by atoms with Crippen molar-refractivity contribution in [2.75, 3.05) is 0 Å². The number of rotatable bonds is 2. The van der Waals surface area contributed by atoms with Crippen LogP contribution in [0.15, 0.2) is 23.1 Å². The monoisotopic (exact) mass is 258 g/mol. The van der Waals surface area contributed by atoms with E-state index in [1.54, 1.807) is 16.8 Å². The van der Waals surface area contributed by atoms with Gasteiger partial charge in [-0.2, -0.15) is 5.10 Å². The summed E-state index contributed by atoms with van der Waals surface area (Å²) in [6.07, 6.45) is 0. The van der Waals surface area contributed by atoms with Crippen LogP contribution >= 0.6 is 10.7 Å². The highest BCUT2D eigenvalue weighted by Gasteiger charge is 2.18. The fourth-order valence-corrected chi connectivity index (χ4v) is 2.93. The smallest absolute Gasteiger partial charge is 0.262 e. The molecule has 0 unspecified atom stereocenters. The molecular weight excluding hydrogens is 248 g/mol. The van der Waals surface area contributed by atoms with E-state index in [1.807, 2.05) is 13.8 Å². The molecule has 0 saturated carbocycles. The number of halogens is 1. The van der Waals surface area contributed by atoms with E-state index in [2.05, 4.69) is 5.10 Å². The lowest BCUT2D eigenvalue weighted by molar-refractivity contribution is 0.610. The molecule has 0 saturated heterocycles. The van der Waals surface area contributed by atoms with Gasteiger partial charge in [0.2, 0.25) is 0 Å². The van der Waals surface area contributed by atoms with E-state index in [0.29, 0.717) is 17.4 Å². The Morgan fingerprint density at radius 2 is 2.12 bits per heavy atom. The second-order valence-electron chi connectivity index (χ2n) is 3.49. The highest BCUT2D eigenvalue weighted by molar-refractivity contribution is 8.14. The average Bonchev–Trinajstić information content (AvgIpc) is 2.54. The Bertz CT molecular complexity index is 646. The van der Waals surface area contributed by atoms with Gasteiger partial charge in [0, 0.05) is 28.3 Å². The Morgan fingerprint density at radius 3 is 2.69 bits per heavy atom. The molecule has 6 heteroatoms. The zero-order chi connectivity index (χ0) is 11.9. The van der Waals surface area contributed by atoms with Crippen molar-refractivity contribution in [3.63, 3.8) is 0 Å². The van der Waals surface area contributed by atoms with Crippen LogP contribution < -0.4 is 0 Å². The van der Waals surface area contributed by atoms with Gasteiger partial charge in [-0.15, -0.1) is 0 Å². The first kappa shape index (κ1) is 11.4. The quantitative estimate of drug-likeness (QED) is 0.777. The number of hydrogen-bond donors (Lipinski definition) is 0. The van der Waals surface area contributed by atoms with Crippen LogP contribution in [-0.2, 0) is 15.6 Å². The number of benzene rings is 1. The third kappa shape index (κ3) is 1.70. The molecular formula is C10H11ClN2O2S. The van der Waals surface area contributed by atoms with E-state index < -0.39 is 9.05 Å². The van der Waals surface area contributed by atoms with Crippen LogP contribution in [0.2, 0.25) is 0 Å². The predicted molar refractivity (Wildman–Crippen MR) is 63.2 cm³/mol. The molecule has 2 aromatic rings. The minimum atomic E-state index is -3.73. The van der Waals surface area contributed by atoms with Crippen LogP contribution in [0.25, 0.3) is 10.9 Å². The molecule has 1 aromatic carbocycles. The normalized spacial score (nSPS) is 12.2. The maximum atomic E-state index is 11.4. The van der Waals surface area contributed by atoms with Gasteiger partial charge in [-0.05, 0) is 26.0 Å². The molecule has 16 heavy (non-hydrogen) atoms. The third-order valence-electron chi connectivity index (χ3n) is 2.54. The van der Waals surface area contributed by atoms with E-state index in [4.69, 9.17) is 10.7 Å². The highest BCUT2D eigenvalue weighted by atomic mass is 35.7. The van der Waals surface area contributed by atoms with Crippen LogP contribution in [0.5, 0.6) is 0 Å². The Balaban J connectivity index is 2.92. The van der Waals surface area contributed by atoms with Crippen molar-refractivity contribution < 1.29 is 8.42 Å². The van der Waals surface area contributed by atoms with Crippen molar-refractivity contribution in [2.24, 2.45) is 0 Å². The maximum absolute atomic E-state index is 11.4. The van der Waals surface area contributed by atoms with Gasteiger partial charge in [0.1, 0.15) is 0 Å². The van der Waals surface area contributed by atoms with Crippen molar-refractivity contribution in [1.29, 1.82) is 0 Å². The van der Waals surface area contributed by atoms with Crippen molar-refractivity contribution >= 4 is 30.6 Å². The summed E-state index contributed by atoms with van der Waals surface area (Å²) >= 11 is 0. The van der Waals surface area contributed by atoms with Gasteiger partial charge >= 0.3 is 0 Å². The minimum absolute atomic E-state index is 0.129. The summed E-state index contributed by atoms with van der Waals surface area (Å²) in [5.41, 5.74) is 1.47. The fourth-order valence-electron chi connectivity index (χ4n) is 1.81. The van der Waals surface area contributed by atoms with Crippen LogP contribution in [0.4, 0.5) is 0 Å². The summed E-state index contributed by atoms with van der Waals surface area (Å²) in [6, 6.07) is 4.92. The molecule has 0 fully saturated rings. The number of fused-ring (bicyclic) bond motifs is 1. The molecule has 0 atom stereocenters. The van der Waals surface area contributed by atoms with Gasteiger partial charge in [0.05, 0.1) is 10.4 Å². The molecule has 86 valence electrons. The summed E-state index contributed by atoms with van der Waals surface area (Å²) in [7, 11) is 1.67. The molecule has 0 radical (unpaired) electrons. The van der Waals surface area contributed by atoms with E-state index in [1.165, 1.54) is 6.07 Å². The molecule has 1 heterocycles. The lowest BCUT2D eigenvalue weighted by Crippen LogP contribution is -1.98. The molecule has 0 spiro atoms. The van der Waals surface area contributed by atoms with Crippen LogP contribution in [0.3, 0.4) is 0 Å². The Morgan fingerprint density at radius 1 is 1.44 bits per heavy atom. The third-order valence-corrected chi connectivity index (χ3v) is 3.91. The maximum Gasteiger partial charge on any atom is 0.262 e. The van der Waals surface area contributed by atoms with Crippen molar-refractivity contribution in [3.8, 4) is 0 Å². The standard InChI is InChI=1S/C10H11ClN2O2S/c1-3-13-7(2)10-8(12-13)5-4-6-9(10)16(11,14)15/h4-6H,3H2,1-2H3. The first-order chi connectivity index (χ1) is 7.45. The largest absolute Gasteiger partial charge is 0.269 e. The number of aromatic nitrogens is 2. The molecule has 0 N–H and O–H groups in total. The summed E-state index contributed by atoms with van der Waals surface area (Å²) in [5.74, 6) is 0. The van der Waals surface area contributed by atoms with Gasteiger partial charge in [0.15, 0.2) is 0 Å². The highest BCUT2D eigenvalue weighted by Crippen LogP contribution is 2.28. The van der Waals surface area contributed by atoms with Crippen molar-refractivity contribution in [1.82, 2.24) is 9.78 Å². The molecule has 1 aromatic heterocycles. The Kier molecular flexibility index (Phi) is 2.67. The summed E-state index contributed by atoms with van der Waals surface area (Å²) in [5, 5.41) is 4.91. The lowest BCUT2D eigenvalue weighted by atomic mass is 10.2. The van der Waals surface area contributed by atoms with Crippen LogP contribution in [0.1, 0.15) is 12.6 Å². The van der Waals surface area contributed by atoms with Crippen molar-refractivity contribution in [2.45, 2.75) is 25.3 Å². The SMILES string of the molecule is CCn1nc2cccc(S(=O)(=O)Cl)c2c1C. The van der Waals surface area contributed by atoms with E-state index in [-0.39, 0.29) is 4.90 Å².